The summed E-state index contributed by atoms with van der Waals surface area (Å²) in [6, 6.07) is 12.8. The third-order valence-electron chi connectivity index (χ3n) is 3.63. The molecule has 7 heteroatoms. The van der Waals surface area contributed by atoms with E-state index >= 15 is 0 Å². The van der Waals surface area contributed by atoms with Crippen LogP contribution < -0.4 is 5.32 Å². The van der Waals surface area contributed by atoms with E-state index in [4.69, 9.17) is 16.3 Å². The lowest BCUT2D eigenvalue weighted by atomic mass is 10.0. The minimum absolute atomic E-state index is 0.0182. The summed E-state index contributed by atoms with van der Waals surface area (Å²) in [4.78, 5) is 24.4. The van der Waals surface area contributed by atoms with Crippen LogP contribution in [0.4, 0.5) is 4.39 Å². The fraction of sp³-hybridized carbons (Fsp3) is 0.263. The minimum Gasteiger partial charge on any atom is -0.469 e. The molecule has 0 aliphatic rings. The summed E-state index contributed by atoms with van der Waals surface area (Å²) in [5.41, 5.74) is 0.759. The van der Waals surface area contributed by atoms with Crippen molar-refractivity contribution in [2.75, 3.05) is 12.9 Å². The summed E-state index contributed by atoms with van der Waals surface area (Å²) >= 11 is 7.16. The molecule has 26 heavy (non-hydrogen) atoms. The van der Waals surface area contributed by atoms with Gasteiger partial charge in [-0.2, -0.15) is 0 Å². The topological polar surface area (TPSA) is 55.4 Å². The molecule has 0 aliphatic heterocycles. The van der Waals surface area contributed by atoms with Crippen molar-refractivity contribution in [2.24, 2.45) is 0 Å². The summed E-state index contributed by atoms with van der Waals surface area (Å²) in [5, 5.41) is 3.40. The summed E-state index contributed by atoms with van der Waals surface area (Å²) in [7, 11) is 1.30. The Balaban J connectivity index is 1.93. The third-order valence-corrected chi connectivity index (χ3v) is 4.93. The van der Waals surface area contributed by atoms with Crippen molar-refractivity contribution in [3.63, 3.8) is 0 Å². The first-order chi connectivity index (χ1) is 12.5. The molecule has 0 bridgehead atoms. The second kappa shape index (κ2) is 10.2. The van der Waals surface area contributed by atoms with Gasteiger partial charge in [0.15, 0.2) is 0 Å². The van der Waals surface area contributed by atoms with Gasteiger partial charge in [-0.25, -0.2) is 4.39 Å². The van der Waals surface area contributed by atoms with Crippen LogP contribution in [0.3, 0.4) is 0 Å². The average Bonchev–Trinajstić information content (AvgIpc) is 2.63. The van der Waals surface area contributed by atoms with Crippen LogP contribution in [0, 0.1) is 5.82 Å². The maximum atomic E-state index is 13.6. The molecule has 0 aromatic heterocycles. The van der Waals surface area contributed by atoms with Crippen LogP contribution in [0.1, 0.15) is 24.4 Å². The Hall–Kier alpha value is -2.05. The van der Waals surface area contributed by atoms with Gasteiger partial charge in [-0.3, -0.25) is 9.59 Å². The molecule has 0 aliphatic carbocycles. The number of esters is 1. The minimum atomic E-state index is -0.509. The van der Waals surface area contributed by atoms with Crippen LogP contribution in [0.25, 0.3) is 0 Å². The molecule has 0 saturated carbocycles. The van der Waals surface area contributed by atoms with E-state index in [0.717, 1.165) is 5.56 Å². The van der Waals surface area contributed by atoms with Gasteiger partial charge in [0.25, 0.3) is 0 Å². The monoisotopic (exact) mass is 395 g/mol. The van der Waals surface area contributed by atoms with Crippen LogP contribution in [-0.2, 0) is 14.3 Å². The number of benzene rings is 2. The van der Waals surface area contributed by atoms with Crippen LogP contribution in [0.2, 0.25) is 5.02 Å². The van der Waals surface area contributed by atoms with E-state index in [9.17, 15) is 14.0 Å². The van der Waals surface area contributed by atoms with E-state index in [2.05, 4.69) is 5.32 Å². The Morgan fingerprint density at radius 3 is 2.54 bits per heavy atom. The predicted molar refractivity (Wildman–Crippen MR) is 101 cm³/mol. The highest BCUT2D eigenvalue weighted by atomic mass is 35.5. The first-order valence-electron chi connectivity index (χ1n) is 7.98. The zero-order valence-corrected chi connectivity index (χ0v) is 15.8. The lowest BCUT2D eigenvalue weighted by Gasteiger charge is -2.18. The molecule has 4 nitrogen and oxygen atoms in total. The number of hydrogen-bond acceptors (Lipinski definition) is 4. The number of amides is 1. The van der Waals surface area contributed by atoms with Gasteiger partial charge in [-0.1, -0.05) is 35.9 Å². The Morgan fingerprint density at radius 1 is 1.19 bits per heavy atom. The zero-order valence-electron chi connectivity index (χ0n) is 14.2. The molecule has 0 fully saturated rings. The Bertz CT molecular complexity index is 755. The second-order valence-corrected chi connectivity index (χ2v) is 7.05. The summed E-state index contributed by atoms with van der Waals surface area (Å²) in [5.74, 6) is -0.524. The Morgan fingerprint density at radius 2 is 1.88 bits per heavy atom. The maximum absolute atomic E-state index is 13.6. The van der Waals surface area contributed by atoms with Crippen LogP contribution in [0.5, 0.6) is 0 Å². The van der Waals surface area contributed by atoms with Crippen molar-refractivity contribution < 1.29 is 18.7 Å². The maximum Gasteiger partial charge on any atom is 0.307 e. The van der Waals surface area contributed by atoms with E-state index in [0.29, 0.717) is 15.7 Å². The molecule has 1 amide bonds. The molecule has 0 saturated heterocycles. The first kappa shape index (κ1) is 20.3. The van der Waals surface area contributed by atoms with Crippen LogP contribution in [-0.4, -0.2) is 24.7 Å². The predicted octanol–water partition coefficient (Wildman–Crippen LogP) is 4.38. The van der Waals surface area contributed by atoms with Crippen molar-refractivity contribution in [3.05, 3.63) is 64.9 Å². The quantitative estimate of drug-likeness (QED) is 0.532. The smallest absolute Gasteiger partial charge is 0.307 e. The van der Waals surface area contributed by atoms with Gasteiger partial charge in [0.2, 0.25) is 5.91 Å². The molecule has 1 atom stereocenters. The molecule has 0 spiro atoms. The number of nitrogens with one attached hydrogen (secondary N) is 1. The van der Waals surface area contributed by atoms with Crippen LogP contribution >= 0.6 is 23.4 Å². The van der Waals surface area contributed by atoms with E-state index in [1.807, 2.05) is 0 Å². The normalized spacial score (nSPS) is 11.7. The number of hydrogen-bond donors (Lipinski definition) is 1. The Labute approximate surface area is 161 Å². The molecule has 2 rings (SSSR count). The van der Waals surface area contributed by atoms with E-state index in [-0.39, 0.29) is 24.6 Å². The highest BCUT2D eigenvalue weighted by molar-refractivity contribution is 7.99. The number of thioether (sulfide) groups is 1. The molecular formula is C19H19ClFNO3S. The number of ether oxygens (including phenoxy) is 1. The molecule has 1 unspecified atom stereocenters. The molecule has 0 radical (unpaired) electrons. The highest BCUT2D eigenvalue weighted by Crippen LogP contribution is 2.23. The number of methoxy groups -OCH3 is 1. The van der Waals surface area contributed by atoms with Crippen molar-refractivity contribution in [1.29, 1.82) is 0 Å². The molecule has 2 aromatic carbocycles. The molecule has 0 heterocycles. The van der Waals surface area contributed by atoms with Gasteiger partial charge in [-0.05, 0) is 29.8 Å². The second-order valence-electron chi connectivity index (χ2n) is 5.48. The number of rotatable bonds is 8. The van der Waals surface area contributed by atoms with Gasteiger partial charge < -0.3 is 10.1 Å². The van der Waals surface area contributed by atoms with E-state index < -0.39 is 12.0 Å². The molecule has 138 valence electrons. The van der Waals surface area contributed by atoms with Crippen LogP contribution in [0.15, 0.2) is 53.4 Å². The summed E-state index contributed by atoms with van der Waals surface area (Å²) in [6.07, 6.45) is 0.217. The van der Waals surface area contributed by atoms with Crippen molar-refractivity contribution >= 4 is 35.2 Å². The lowest BCUT2D eigenvalue weighted by molar-refractivity contribution is -0.141. The van der Waals surface area contributed by atoms with Crippen molar-refractivity contribution in [1.82, 2.24) is 5.32 Å². The Kier molecular flexibility index (Phi) is 7.94. The fourth-order valence-corrected chi connectivity index (χ4v) is 3.29. The fourth-order valence-electron chi connectivity index (χ4n) is 2.28. The van der Waals surface area contributed by atoms with E-state index in [1.54, 1.807) is 42.5 Å². The van der Waals surface area contributed by atoms with E-state index in [1.165, 1.54) is 24.9 Å². The first-order valence-corrected chi connectivity index (χ1v) is 9.35. The largest absolute Gasteiger partial charge is 0.469 e. The van der Waals surface area contributed by atoms with Gasteiger partial charge in [0, 0.05) is 22.1 Å². The van der Waals surface area contributed by atoms with Crippen molar-refractivity contribution in [3.8, 4) is 0 Å². The standard InChI is InChI=1S/C19H19ClFNO3S/c1-25-19(24)12-16(13-6-8-14(20)9-7-13)22-18(23)10-11-26-17-5-3-2-4-15(17)21/h2-9,16H,10-12H2,1H3,(H,22,23). The molecule has 1 N–H and O–H groups in total. The number of carbonyl (C=O) groups excluding carboxylic acids is 2. The SMILES string of the molecule is COC(=O)CC(NC(=O)CCSc1ccccc1F)c1ccc(Cl)cc1. The summed E-state index contributed by atoms with van der Waals surface area (Å²) in [6.45, 7) is 0. The van der Waals surface area contributed by atoms with Crippen molar-refractivity contribution in [2.45, 2.75) is 23.8 Å². The highest BCUT2D eigenvalue weighted by Gasteiger charge is 2.19. The third kappa shape index (κ3) is 6.35. The van der Waals surface area contributed by atoms with Gasteiger partial charge in [-0.15, -0.1) is 11.8 Å². The zero-order chi connectivity index (χ0) is 18.9. The van der Waals surface area contributed by atoms with Gasteiger partial charge >= 0.3 is 5.97 Å². The van der Waals surface area contributed by atoms with Gasteiger partial charge in [0.05, 0.1) is 19.6 Å². The lowest BCUT2D eigenvalue weighted by Crippen LogP contribution is -2.30. The summed E-state index contributed by atoms with van der Waals surface area (Å²) < 4.78 is 18.3. The number of carbonyl (C=O) groups is 2. The average molecular weight is 396 g/mol. The van der Waals surface area contributed by atoms with Gasteiger partial charge in [0.1, 0.15) is 5.82 Å². The molecular weight excluding hydrogens is 377 g/mol. The molecule has 2 aromatic rings. The number of halogens is 2.